The molecule has 106 valence electrons. The smallest absolute Gasteiger partial charge is 0.188 e. The fraction of sp³-hybridized carbons (Fsp3) is 0.462. The van der Waals surface area contributed by atoms with Crippen LogP contribution in [0.1, 0.15) is 24.2 Å². The molecule has 0 aliphatic rings. The number of carbonyl (C=O) groups excluding carboxylic acids is 1. The molecule has 0 radical (unpaired) electrons. The van der Waals surface area contributed by atoms with Crippen LogP contribution in [0.15, 0.2) is 10.5 Å². The molecule has 6 heteroatoms. The lowest BCUT2D eigenvalue weighted by Gasteiger charge is -2.15. The van der Waals surface area contributed by atoms with Crippen molar-refractivity contribution in [2.45, 2.75) is 13.8 Å². The van der Waals surface area contributed by atoms with E-state index in [1.807, 2.05) is 0 Å². The minimum Gasteiger partial charge on any atom is -0.495 e. The van der Waals surface area contributed by atoms with Crippen LogP contribution in [0.25, 0.3) is 0 Å². The van der Waals surface area contributed by atoms with E-state index in [0.717, 1.165) is 6.16 Å². The van der Waals surface area contributed by atoms with E-state index in [1.165, 1.54) is 14.2 Å². The third kappa shape index (κ3) is 4.08. The number of halogens is 2. The molecule has 0 fully saturated rings. The Morgan fingerprint density at radius 3 is 2.42 bits per heavy atom. The second-order valence-corrected chi connectivity index (χ2v) is 6.86. The predicted octanol–water partition coefficient (Wildman–Crippen LogP) is 4.59. The Morgan fingerprint density at radius 2 is 1.95 bits per heavy atom. The van der Waals surface area contributed by atoms with E-state index in [2.05, 4.69) is 29.8 Å². The fourth-order valence-electron chi connectivity index (χ4n) is 1.57. The molecule has 1 atom stereocenters. The van der Waals surface area contributed by atoms with Gasteiger partial charge in [-0.1, -0.05) is 25.4 Å². The Labute approximate surface area is 128 Å². The Balaban J connectivity index is 3.25. The highest BCUT2D eigenvalue weighted by Gasteiger charge is 2.23. The van der Waals surface area contributed by atoms with Crippen molar-refractivity contribution in [3.63, 3.8) is 0 Å². The average Bonchev–Trinajstić information content (AvgIpc) is 2.35. The van der Waals surface area contributed by atoms with Crippen molar-refractivity contribution < 1.29 is 14.3 Å². The van der Waals surface area contributed by atoms with E-state index in [1.54, 1.807) is 6.07 Å². The van der Waals surface area contributed by atoms with Crippen LogP contribution >= 0.6 is 36.1 Å². The van der Waals surface area contributed by atoms with Gasteiger partial charge in [0.2, 0.25) is 0 Å². The molecule has 19 heavy (non-hydrogen) atoms. The predicted molar refractivity (Wildman–Crippen MR) is 84.6 cm³/mol. The average molecular weight is 368 g/mol. The van der Waals surface area contributed by atoms with Crippen molar-refractivity contribution >= 4 is 41.6 Å². The number of benzene rings is 1. The molecular weight excluding hydrogens is 350 g/mol. The molecule has 1 rings (SSSR count). The summed E-state index contributed by atoms with van der Waals surface area (Å²) in [5.41, 5.74) is 0.425. The van der Waals surface area contributed by atoms with Crippen LogP contribution in [0.5, 0.6) is 11.5 Å². The summed E-state index contributed by atoms with van der Waals surface area (Å²) < 4.78 is 11.2. The maximum Gasteiger partial charge on any atom is 0.188 e. The first kappa shape index (κ1) is 16.7. The van der Waals surface area contributed by atoms with Gasteiger partial charge >= 0.3 is 0 Å². The van der Waals surface area contributed by atoms with Gasteiger partial charge in [0.25, 0.3) is 0 Å². The molecule has 1 aromatic carbocycles. The third-order valence-corrected chi connectivity index (χ3v) is 4.91. The normalized spacial score (nSPS) is 11.3. The Kier molecular flexibility index (Phi) is 6.58. The highest BCUT2D eigenvalue weighted by molar-refractivity contribution is 9.10. The number of hydrogen-bond donors (Lipinski definition) is 0. The fourth-order valence-corrected chi connectivity index (χ4v) is 3.57. The van der Waals surface area contributed by atoms with Crippen LogP contribution in [0.2, 0.25) is 5.02 Å². The molecule has 0 heterocycles. The van der Waals surface area contributed by atoms with E-state index in [9.17, 15) is 4.79 Å². The molecule has 0 aliphatic carbocycles. The van der Waals surface area contributed by atoms with Gasteiger partial charge in [-0.05, 0) is 42.7 Å². The number of hydrogen-bond acceptors (Lipinski definition) is 3. The first-order valence-electron chi connectivity index (χ1n) is 5.80. The molecule has 0 spiro atoms. The summed E-state index contributed by atoms with van der Waals surface area (Å²) in [6, 6.07) is 1.67. The van der Waals surface area contributed by atoms with Gasteiger partial charge < -0.3 is 9.47 Å². The minimum absolute atomic E-state index is 0.00519. The van der Waals surface area contributed by atoms with Crippen LogP contribution in [-0.4, -0.2) is 25.9 Å². The first-order valence-corrected chi connectivity index (χ1v) is 8.18. The number of rotatable bonds is 6. The van der Waals surface area contributed by atoms with E-state index in [0.29, 0.717) is 32.5 Å². The van der Waals surface area contributed by atoms with Gasteiger partial charge in [0.05, 0.1) is 23.7 Å². The maximum absolute atomic E-state index is 12.4. The third-order valence-electron chi connectivity index (χ3n) is 2.45. The quantitative estimate of drug-likeness (QED) is 0.690. The summed E-state index contributed by atoms with van der Waals surface area (Å²) in [6.07, 6.45) is 0.843. The van der Waals surface area contributed by atoms with Crippen LogP contribution in [0.4, 0.5) is 0 Å². The molecule has 3 nitrogen and oxygen atoms in total. The lowest BCUT2D eigenvalue weighted by Crippen LogP contribution is -2.04. The standard InChI is InChI=1S/C13H17BrClO3P/c1-7(2)6-19-13(16)10-11(17-3)8(14)5-9(15)12(10)18-4/h5,7,19H,6H2,1-4H3. The first-order chi connectivity index (χ1) is 8.92. The molecule has 1 aromatic rings. The molecule has 0 bridgehead atoms. The lowest BCUT2D eigenvalue weighted by molar-refractivity contribution is 0.107. The monoisotopic (exact) mass is 366 g/mol. The summed E-state index contributed by atoms with van der Waals surface area (Å²) in [5.74, 6) is 1.33. The maximum atomic E-state index is 12.4. The zero-order chi connectivity index (χ0) is 14.6. The SMILES string of the molecule is COc1c(Cl)cc(Br)c(OC)c1C(=O)PCC(C)C. The largest absolute Gasteiger partial charge is 0.495 e. The van der Waals surface area contributed by atoms with E-state index in [4.69, 9.17) is 21.1 Å². The van der Waals surface area contributed by atoms with E-state index in [-0.39, 0.29) is 14.1 Å². The summed E-state index contributed by atoms with van der Waals surface area (Å²) in [5, 5.41) is 0.396. The molecule has 1 unspecified atom stereocenters. The van der Waals surface area contributed by atoms with Crippen molar-refractivity contribution in [2.75, 3.05) is 20.4 Å². The van der Waals surface area contributed by atoms with Gasteiger partial charge in [-0.15, -0.1) is 0 Å². The van der Waals surface area contributed by atoms with Crippen LogP contribution in [0, 0.1) is 5.92 Å². The molecule has 0 aliphatic heterocycles. The Morgan fingerprint density at radius 1 is 1.37 bits per heavy atom. The van der Waals surface area contributed by atoms with Crippen molar-refractivity contribution in [3.8, 4) is 11.5 Å². The summed E-state index contributed by atoms with van der Waals surface area (Å²) in [6.45, 7) is 4.17. The Hall–Kier alpha value is -0.310. The molecular formula is C13H17BrClO3P. The van der Waals surface area contributed by atoms with E-state index >= 15 is 0 Å². The van der Waals surface area contributed by atoms with Crippen molar-refractivity contribution in [3.05, 3.63) is 21.1 Å². The van der Waals surface area contributed by atoms with Crippen molar-refractivity contribution in [2.24, 2.45) is 5.92 Å². The topological polar surface area (TPSA) is 35.5 Å². The van der Waals surface area contributed by atoms with Gasteiger partial charge in [-0.25, -0.2) is 0 Å². The highest BCUT2D eigenvalue weighted by Crippen LogP contribution is 2.43. The second-order valence-electron chi connectivity index (χ2n) is 4.39. The van der Waals surface area contributed by atoms with Gasteiger partial charge in [0, 0.05) is 0 Å². The summed E-state index contributed by atoms with van der Waals surface area (Å²) >= 11 is 9.47. The zero-order valence-electron chi connectivity index (χ0n) is 11.3. The molecule has 0 amide bonds. The number of ether oxygens (including phenoxy) is 2. The van der Waals surface area contributed by atoms with Gasteiger partial charge in [0.15, 0.2) is 11.3 Å². The van der Waals surface area contributed by atoms with Crippen LogP contribution < -0.4 is 9.47 Å². The summed E-state index contributed by atoms with van der Waals surface area (Å²) in [4.78, 5) is 12.4. The highest BCUT2D eigenvalue weighted by atomic mass is 79.9. The molecule has 0 saturated heterocycles. The Bertz CT molecular complexity index is 449. The van der Waals surface area contributed by atoms with Crippen molar-refractivity contribution in [1.29, 1.82) is 0 Å². The van der Waals surface area contributed by atoms with Gasteiger partial charge in [-0.2, -0.15) is 0 Å². The molecule has 0 N–H and O–H groups in total. The zero-order valence-corrected chi connectivity index (χ0v) is 14.7. The van der Waals surface area contributed by atoms with Crippen molar-refractivity contribution in [1.82, 2.24) is 0 Å². The summed E-state index contributed by atoms with van der Waals surface area (Å²) in [7, 11) is 3.20. The van der Waals surface area contributed by atoms with Crippen LogP contribution in [0.3, 0.4) is 0 Å². The molecule has 0 aromatic heterocycles. The van der Waals surface area contributed by atoms with E-state index < -0.39 is 0 Å². The van der Waals surface area contributed by atoms with Gasteiger partial charge in [-0.3, -0.25) is 4.79 Å². The number of methoxy groups -OCH3 is 2. The number of carbonyl (C=O) groups is 1. The lowest BCUT2D eigenvalue weighted by atomic mass is 10.2. The minimum atomic E-state index is 0.00519. The molecule has 0 saturated carbocycles. The van der Waals surface area contributed by atoms with Gasteiger partial charge in [0.1, 0.15) is 11.3 Å². The van der Waals surface area contributed by atoms with Crippen LogP contribution in [-0.2, 0) is 0 Å². The second kappa shape index (κ2) is 7.47.